The van der Waals surface area contributed by atoms with Crippen LogP contribution in [-0.2, 0) is 4.79 Å². The minimum absolute atomic E-state index is 0.0288. The summed E-state index contributed by atoms with van der Waals surface area (Å²) in [4.78, 5) is 12.1. The molecule has 0 aromatic rings. The van der Waals surface area contributed by atoms with E-state index in [-0.39, 0.29) is 18.6 Å². The predicted molar refractivity (Wildman–Crippen MR) is 149 cm³/mol. The van der Waals surface area contributed by atoms with Crippen molar-refractivity contribution in [2.45, 2.75) is 155 Å². The predicted octanol–water partition coefficient (Wildman–Crippen LogP) is 8.94. The Kier molecular flexibility index (Phi) is 27.4. The maximum absolute atomic E-state index is 12.1. The number of unbranched alkanes of at least 4 members (excludes halogenated alkanes) is 18. The van der Waals surface area contributed by atoms with Crippen LogP contribution in [-0.4, -0.2) is 29.4 Å². The summed E-state index contributed by atoms with van der Waals surface area (Å²) in [5, 5.41) is 14.5. The molecule has 0 aliphatic rings. The van der Waals surface area contributed by atoms with Crippen LogP contribution in [0.15, 0.2) is 11.5 Å². The Labute approximate surface area is 211 Å². The maximum Gasteiger partial charge on any atom is 0.220 e. The van der Waals surface area contributed by atoms with Gasteiger partial charge in [0.05, 0.1) is 12.6 Å². The monoisotopic (exact) mass is 483 g/mol. The SMILES string of the molecule is CCCCCCCCCCCCCS/C=C/[C@H](CO)NC(=O)CCCCCCCCCCC. The summed E-state index contributed by atoms with van der Waals surface area (Å²) >= 11 is 1.79. The lowest BCUT2D eigenvalue weighted by molar-refractivity contribution is -0.121. The fraction of sp³-hybridized carbons (Fsp3) is 0.897. The number of hydrogen-bond acceptors (Lipinski definition) is 3. The zero-order valence-electron chi connectivity index (χ0n) is 22.3. The maximum atomic E-state index is 12.1. The minimum Gasteiger partial charge on any atom is -0.394 e. The number of thioether (sulfide) groups is 1. The topological polar surface area (TPSA) is 49.3 Å². The Bertz CT molecular complexity index is 428. The Hall–Kier alpha value is -0.480. The van der Waals surface area contributed by atoms with E-state index < -0.39 is 0 Å². The molecular formula is C29H57NO2S. The fourth-order valence-electron chi connectivity index (χ4n) is 4.10. The van der Waals surface area contributed by atoms with Gasteiger partial charge in [-0.05, 0) is 24.0 Å². The lowest BCUT2D eigenvalue weighted by Gasteiger charge is -2.12. The van der Waals surface area contributed by atoms with Gasteiger partial charge in [0.1, 0.15) is 0 Å². The van der Waals surface area contributed by atoms with Gasteiger partial charge in [-0.3, -0.25) is 4.79 Å². The van der Waals surface area contributed by atoms with Gasteiger partial charge < -0.3 is 10.4 Å². The van der Waals surface area contributed by atoms with Gasteiger partial charge in [0.2, 0.25) is 5.91 Å². The Balaban J connectivity index is 3.51. The van der Waals surface area contributed by atoms with Gasteiger partial charge in [-0.15, -0.1) is 11.8 Å². The van der Waals surface area contributed by atoms with Gasteiger partial charge in [0, 0.05) is 6.42 Å². The molecule has 33 heavy (non-hydrogen) atoms. The van der Waals surface area contributed by atoms with Crippen molar-refractivity contribution >= 4 is 17.7 Å². The second kappa shape index (κ2) is 27.8. The Morgan fingerprint density at radius 3 is 1.58 bits per heavy atom. The van der Waals surface area contributed by atoms with E-state index in [4.69, 9.17) is 0 Å². The molecule has 0 heterocycles. The molecule has 0 aliphatic heterocycles. The van der Waals surface area contributed by atoms with Crippen LogP contribution < -0.4 is 5.32 Å². The van der Waals surface area contributed by atoms with E-state index in [0.29, 0.717) is 6.42 Å². The lowest BCUT2D eigenvalue weighted by atomic mass is 10.1. The molecule has 0 radical (unpaired) electrons. The highest BCUT2D eigenvalue weighted by molar-refractivity contribution is 8.02. The third-order valence-corrected chi connectivity index (χ3v) is 7.20. The highest BCUT2D eigenvalue weighted by Gasteiger charge is 2.07. The van der Waals surface area contributed by atoms with Crippen molar-refractivity contribution < 1.29 is 9.90 Å². The quantitative estimate of drug-likeness (QED) is 0.121. The summed E-state index contributed by atoms with van der Waals surface area (Å²) in [7, 11) is 0. The molecular weight excluding hydrogens is 426 g/mol. The van der Waals surface area contributed by atoms with Gasteiger partial charge in [-0.2, -0.15) is 0 Å². The number of carbonyl (C=O) groups is 1. The standard InChI is InChI=1S/C29H57NO2S/c1-3-5-7-9-11-13-14-16-18-20-22-25-33-26-24-28(27-31)30-29(32)23-21-19-17-15-12-10-8-6-4-2/h24,26,28,31H,3-23,25,27H2,1-2H3,(H,30,32)/b26-24+/t28-/m1/s1. The van der Waals surface area contributed by atoms with Gasteiger partial charge >= 0.3 is 0 Å². The van der Waals surface area contributed by atoms with Crippen LogP contribution in [0.1, 0.15) is 149 Å². The number of aliphatic hydroxyl groups excluding tert-OH is 1. The van der Waals surface area contributed by atoms with Crippen molar-refractivity contribution in [1.29, 1.82) is 0 Å². The van der Waals surface area contributed by atoms with Crippen molar-refractivity contribution in [1.82, 2.24) is 5.32 Å². The number of hydrogen-bond donors (Lipinski definition) is 2. The van der Waals surface area contributed by atoms with Crippen molar-refractivity contribution in [3.63, 3.8) is 0 Å². The number of rotatable bonds is 26. The molecule has 0 spiro atoms. The number of amides is 1. The summed E-state index contributed by atoms with van der Waals surface area (Å²) < 4.78 is 0. The molecule has 0 saturated heterocycles. The summed E-state index contributed by atoms with van der Waals surface area (Å²) in [6.45, 7) is 4.50. The smallest absolute Gasteiger partial charge is 0.220 e. The van der Waals surface area contributed by atoms with Crippen LogP contribution in [0.3, 0.4) is 0 Å². The highest BCUT2D eigenvalue weighted by Crippen LogP contribution is 2.14. The zero-order valence-corrected chi connectivity index (χ0v) is 23.1. The first kappa shape index (κ1) is 32.5. The number of nitrogens with one attached hydrogen (secondary N) is 1. The van der Waals surface area contributed by atoms with E-state index in [1.54, 1.807) is 11.8 Å². The van der Waals surface area contributed by atoms with Crippen molar-refractivity contribution in [3.05, 3.63) is 11.5 Å². The molecule has 1 atom stereocenters. The molecule has 0 aromatic carbocycles. The highest BCUT2D eigenvalue weighted by atomic mass is 32.2. The Morgan fingerprint density at radius 2 is 1.12 bits per heavy atom. The number of aliphatic hydroxyl groups is 1. The van der Waals surface area contributed by atoms with E-state index in [0.717, 1.165) is 18.6 Å². The average molecular weight is 484 g/mol. The third kappa shape index (κ3) is 26.0. The molecule has 0 fully saturated rings. The van der Waals surface area contributed by atoms with Gasteiger partial charge in [-0.1, -0.05) is 135 Å². The number of carbonyl (C=O) groups excluding carboxylic acids is 1. The van der Waals surface area contributed by atoms with Crippen LogP contribution in [0.5, 0.6) is 0 Å². The normalized spacial score (nSPS) is 12.5. The van der Waals surface area contributed by atoms with E-state index in [1.807, 2.05) is 6.08 Å². The summed E-state index contributed by atoms with van der Waals surface area (Å²) in [5.74, 6) is 1.19. The van der Waals surface area contributed by atoms with Gasteiger partial charge in [0.25, 0.3) is 0 Å². The Morgan fingerprint density at radius 1 is 0.697 bits per heavy atom. The lowest BCUT2D eigenvalue weighted by Crippen LogP contribution is -2.35. The molecule has 3 nitrogen and oxygen atoms in total. The van der Waals surface area contributed by atoms with Crippen LogP contribution in [0, 0.1) is 0 Å². The minimum atomic E-state index is -0.249. The van der Waals surface area contributed by atoms with Gasteiger partial charge in [-0.25, -0.2) is 0 Å². The summed E-state index contributed by atoms with van der Waals surface area (Å²) in [6, 6.07) is -0.249. The molecule has 0 aliphatic carbocycles. The van der Waals surface area contributed by atoms with Crippen molar-refractivity contribution in [2.75, 3.05) is 12.4 Å². The van der Waals surface area contributed by atoms with Crippen molar-refractivity contribution in [2.24, 2.45) is 0 Å². The molecule has 0 unspecified atom stereocenters. The molecule has 1 amide bonds. The summed E-state index contributed by atoms with van der Waals surface area (Å²) in [6.07, 6.45) is 29.0. The van der Waals surface area contributed by atoms with Crippen LogP contribution in [0.4, 0.5) is 0 Å². The van der Waals surface area contributed by atoms with Crippen LogP contribution in [0.2, 0.25) is 0 Å². The van der Waals surface area contributed by atoms with E-state index in [1.165, 1.54) is 116 Å². The molecule has 0 saturated carbocycles. The molecule has 0 rings (SSSR count). The van der Waals surface area contributed by atoms with Crippen molar-refractivity contribution in [3.8, 4) is 0 Å². The molecule has 4 heteroatoms. The van der Waals surface area contributed by atoms with Crippen LogP contribution >= 0.6 is 11.8 Å². The molecule has 2 N–H and O–H groups in total. The fourth-order valence-corrected chi connectivity index (χ4v) is 4.91. The first-order valence-electron chi connectivity index (χ1n) is 14.4. The second-order valence-corrected chi connectivity index (χ2v) is 10.7. The van der Waals surface area contributed by atoms with E-state index >= 15 is 0 Å². The first-order chi connectivity index (χ1) is 16.2. The van der Waals surface area contributed by atoms with E-state index in [2.05, 4.69) is 24.6 Å². The van der Waals surface area contributed by atoms with Gasteiger partial charge in [0.15, 0.2) is 0 Å². The third-order valence-electron chi connectivity index (χ3n) is 6.32. The zero-order chi connectivity index (χ0) is 24.2. The molecule has 196 valence electrons. The van der Waals surface area contributed by atoms with Crippen LogP contribution in [0.25, 0.3) is 0 Å². The summed E-state index contributed by atoms with van der Waals surface area (Å²) in [5.41, 5.74) is 0. The average Bonchev–Trinajstić information content (AvgIpc) is 2.82. The van der Waals surface area contributed by atoms with E-state index in [9.17, 15) is 9.90 Å². The molecule has 0 bridgehead atoms. The largest absolute Gasteiger partial charge is 0.394 e. The first-order valence-corrected chi connectivity index (χ1v) is 15.5. The molecule has 0 aromatic heterocycles. The second-order valence-electron chi connectivity index (χ2n) is 9.67.